The van der Waals surface area contributed by atoms with E-state index in [0.29, 0.717) is 28.6 Å². The van der Waals surface area contributed by atoms with Gasteiger partial charge in [0.05, 0.1) is 16.0 Å². The number of hydrogen-bond acceptors (Lipinski definition) is 5. The Bertz CT molecular complexity index is 1210. The summed E-state index contributed by atoms with van der Waals surface area (Å²) in [5, 5.41) is 0. The van der Waals surface area contributed by atoms with E-state index in [4.69, 9.17) is 4.42 Å². The largest absolute Gasteiger partial charge is 0.417 e. The van der Waals surface area contributed by atoms with E-state index < -0.39 is 15.8 Å². The third kappa shape index (κ3) is 3.38. The molecular weight excluding hydrogens is 450 g/mol. The highest BCUT2D eigenvalue weighted by molar-refractivity contribution is 9.10. The van der Waals surface area contributed by atoms with Crippen molar-refractivity contribution in [2.24, 2.45) is 0 Å². The van der Waals surface area contributed by atoms with Crippen molar-refractivity contribution in [3.05, 3.63) is 63.1 Å². The van der Waals surface area contributed by atoms with Gasteiger partial charge in [0.15, 0.2) is 5.58 Å². The normalized spacial score (nSPS) is 15.8. The number of rotatable bonds is 3. The van der Waals surface area contributed by atoms with Gasteiger partial charge in [-0.25, -0.2) is 13.2 Å². The molecule has 1 aliphatic rings. The summed E-state index contributed by atoms with van der Waals surface area (Å²) in [5.74, 6) is -0.774. The molecule has 0 atom stereocenters. The Labute approximate surface area is 168 Å². The van der Waals surface area contributed by atoms with Crippen LogP contribution in [0.5, 0.6) is 0 Å². The minimum Gasteiger partial charge on any atom is -0.408 e. The maximum absolute atomic E-state index is 12.9. The maximum Gasteiger partial charge on any atom is 0.417 e. The molecule has 1 amide bonds. The van der Waals surface area contributed by atoms with E-state index in [1.807, 2.05) is 6.07 Å². The van der Waals surface area contributed by atoms with Crippen molar-refractivity contribution in [1.82, 2.24) is 14.2 Å². The number of amides is 1. The first-order valence-electron chi connectivity index (χ1n) is 8.53. The molecule has 1 N–H and O–H groups in total. The average molecular weight is 466 g/mol. The minimum atomic E-state index is -3.76. The molecule has 0 aliphatic carbocycles. The van der Waals surface area contributed by atoms with Crippen molar-refractivity contribution in [2.75, 3.05) is 26.2 Å². The molecule has 10 heteroatoms. The van der Waals surface area contributed by atoms with Gasteiger partial charge in [0, 0.05) is 36.7 Å². The number of fused-ring (bicyclic) bond motifs is 1. The van der Waals surface area contributed by atoms with E-state index in [0.717, 1.165) is 0 Å². The van der Waals surface area contributed by atoms with E-state index in [-0.39, 0.29) is 29.5 Å². The smallest absolute Gasteiger partial charge is 0.408 e. The Morgan fingerprint density at radius 3 is 2.50 bits per heavy atom. The fourth-order valence-corrected chi connectivity index (χ4v) is 5.06. The van der Waals surface area contributed by atoms with E-state index in [1.165, 1.54) is 22.5 Å². The summed E-state index contributed by atoms with van der Waals surface area (Å²) in [7, 11) is -3.76. The number of nitrogens with one attached hydrogen (secondary N) is 1. The molecule has 1 aliphatic heterocycles. The number of benzene rings is 2. The second-order valence-electron chi connectivity index (χ2n) is 6.35. The molecule has 0 saturated carbocycles. The number of oxazole rings is 1. The second kappa shape index (κ2) is 7.19. The first kappa shape index (κ1) is 18.9. The van der Waals surface area contributed by atoms with Gasteiger partial charge in [0.1, 0.15) is 0 Å². The van der Waals surface area contributed by atoms with Crippen LogP contribution >= 0.6 is 15.9 Å². The fraction of sp³-hybridized carbons (Fsp3) is 0.222. The Kier molecular flexibility index (Phi) is 4.86. The number of carbonyl (C=O) groups excluding carboxylic acids is 1. The number of H-pyrrole nitrogens is 1. The lowest BCUT2D eigenvalue weighted by Gasteiger charge is -2.34. The van der Waals surface area contributed by atoms with E-state index in [2.05, 4.69) is 20.9 Å². The lowest BCUT2D eigenvalue weighted by Crippen LogP contribution is -2.50. The van der Waals surface area contributed by atoms with Gasteiger partial charge in [-0.2, -0.15) is 4.31 Å². The zero-order chi connectivity index (χ0) is 19.9. The number of hydrogen-bond donors (Lipinski definition) is 1. The molecular formula is C18H16BrN3O5S. The van der Waals surface area contributed by atoms with Crippen LogP contribution in [0.25, 0.3) is 11.1 Å². The fourth-order valence-electron chi connectivity index (χ4n) is 3.17. The highest BCUT2D eigenvalue weighted by atomic mass is 79.9. The first-order chi connectivity index (χ1) is 13.4. The number of sulfonamides is 1. The predicted octanol–water partition coefficient (Wildman–Crippen LogP) is 2.03. The number of piperazine rings is 1. The SMILES string of the molecule is O=C(c1ccccc1Br)N1CCN(S(=O)(=O)c2ccc3[nH]c(=O)oc3c2)CC1. The Balaban J connectivity index is 1.51. The second-order valence-corrected chi connectivity index (χ2v) is 9.14. The predicted molar refractivity (Wildman–Crippen MR) is 106 cm³/mol. The molecule has 0 radical (unpaired) electrons. The summed E-state index contributed by atoms with van der Waals surface area (Å²) in [6.45, 7) is 0.961. The van der Waals surface area contributed by atoms with E-state index >= 15 is 0 Å². The van der Waals surface area contributed by atoms with Crippen LogP contribution in [0, 0.1) is 0 Å². The van der Waals surface area contributed by atoms with Crippen LogP contribution in [0.1, 0.15) is 10.4 Å². The van der Waals surface area contributed by atoms with Gasteiger partial charge in [0.2, 0.25) is 10.0 Å². The van der Waals surface area contributed by atoms with Crippen molar-refractivity contribution < 1.29 is 17.6 Å². The van der Waals surface area contributed by atoms with Gasteiger partial charge in [-0.1, -0.05) is 12.1 Å². The van der Waals surface area contributed by atoms with Crippen molar-refractivity contribution in [1.29, 1.82) is 0 Å². The van der Waals surface area contributed by atoms with E-state index in [1.54, 1.807) is 23.1 Å². The highest BCUT2D eigenvalue weighted by Crippen LogP contribution is 2.23. The zero-order valence-electron chi connectivity index (χ0n) is 14.6. The van der Waals surface area contributed by atoms with Crippen molar-refractivity contribution in [3.63, 3.8) is 0 Å². The van der Waals surface area contributed by atoms with Crippen LogP contribution < -0.4 is 5.76 Å². The summed E-state index contributed by atoms with van der Waals surface area (Å²) in [6, 6.07) is 11.4. The summed E-state index contributed by atoms with van der Waals surface area (Å²) in [6.07, 6.45) is 0. The monoisotopic (exact) mass is 465 g/mol. The Morgan fingerprint density at radius 1 is 1.07 bits per heavy atom. The standard InChI is InChI=1S/C18H16BrN3O5S/c19-14-4-2-1-3-13(14)17(23)21-7-9-22(10-8-21)28(25,26)12-5-6-15-16(11-12)27-18(24)20-15/h1-6,11H,7-10H2,(H,20,24). The molecule has 3 aromatic rings. The Hall–Kier alpha value is -2.43. The third-order valence-electron chi connectivity index (χ3n) is 4.66. The van der Waals surface area contributed by atoms with Crippen LogP contribution in [0.3, 0.4) is 0 Å². The molecule has 0 unspecified atom stereocenters. The molecule has 146 valence electrons. The van der Waals surface area contributed by atoms with Gasteiger partial charge in [-0.15, -0.1) is 0 Å². The highest BCUT2D eigenvalue weighted by Gasteiger charge is 2.31. The van der Waals surface area contributed by atoms with Crippen LogP contribution in [-0.2, 0) is 10.0 Å². The lowest BCUT2D eigenvalue weighted by atomic mass is 10.2. The van der Waals surface area contributed by atoms with Crippen LogP contribution in [-0.4, -0.2) is 54.7 Å². The molecule has 28 heavy (non-hydrogen) atoms. The lowest BCUT2D eigenvalue weighted by molar-refractivity contribution is 0.0697. The number of aromatic amines is 1. The van der Waals surface area contributed by atoms with Gasteiger partial charge in [-0.05, 0) is 40.2 Å². The summed E-state index contributed by atoms with van der Waals surface area (Å²) in [4.78, 5) is 28.1. The van der Waals surface area contributed by atoms with Crippen LogP contribution in [0.15, 0.2) is 61.0 Å². The molecule has 0 bridgehead atoms. The minimum absolute atomic E-state index is 0.0494. The maximum atomic E-state index is 12.9. The number of halogens is 1. The summed E-state index contributed by atoms with van der Waals surface area (Å²) < 4.78 is 32.8. The van der Waals surface area contributed by atoms with Gasteiger partial charge < -0.3 is 9.32 Å². The van der Waals surface area contributed by atoms with Crippen molar-refractivity contribution >= 4 is 43.0 Å². The summed E-state index contributed by atoms with van der Waals surface area (Å²) in [5.41, 5.74) is 1.17. The molecule has 1 saturated heterocycles. The van der Waals surface area contributed by atoms with E-state index in [9.17, 15) is 18.0 Å². The van der Waals surface area contributed by atoms with Gasteiger partial charge >= 0.3 is 5.76 Å². The molecule has 0 spiro atoms. The number of carbonyl (C=O) groups is 1. The van der Waals surface area contributed by atoms with Crippen molar-refractivity contribution in [2.45, 2.75) is 4.90 Å². The molecule has 2 aromatic carbocycles. The average Bonchev–Trinajstić information content (AvgIpc) is 3.07. The summed E-state index contributed by atoms with van der Waals surface area (Å²) >= 11 is 3.37. The van der Waals surface area contributed by atoms with Crippen LogP contribution in [0.2, 0.25) is 0 Å². The van der Waals surface area contributed by atoms with Crippen molar-refractivity contribution in [3.8, 4) is 0 Å². The number of aromatic nitrogens is 1. The first-order valence-corrected chi connectivity index (χ1v) is 10.8. The third-order valence-corrected chi connectivity index (χ3v) is 7.25. The quantitative estimate of drug-likeness (QED) is 0.637. The van der Waals surface area contributed by atoms with Gasteiger partial charge in [0.25, 0.3) is 5.91 Å². The molecule has 4 rings (SSSR count). The Morgan fingerprint density at radius 2 is 1.79 bits per heavy atom. The van der Waals surface area contributed by atoms with Crippen LogP contribution in [0.4, 0.5) is 0 Å². The molecule has 8 nitrogen and oxygen atoms in total. The topological polar surface area (TPSA) is 104 Å². The zero-order valence-corrected chi connectivity index (χ0v) is 17.0. The molecule has 2 heterocycles. The molecule has 1 fully saturated rings. The molecule has 1 aromatic heterocycles. The number of nitrogens with zero attached hydrogens (tertiary/aromatic N) is 2. The van der Waals surface area contributed by atoms with Gasteiger partial charge in [-0.3, -0.25) is 9.78 Å².